The highest BCUT2D eigenvalue weighted by molar-refractivity contribution is 8.00. The number of rotatable bonds is 6. The molecule has 0 aromatic carbocycles. The Hall–Kier alpha value is -1.77. The maximum absolute atomic E-state index is 13.0. The SMILES string of the molecule is COC1(N(C=O)C2=CCC=CC2)C(=O)N2C(C(=O)O)=C(CCl)CS[C@@H]21. The van der Waals surface area contributed by atoms with Crippen molar-refractivity contribution in [3.05, 3.63) is 35.2 Å². The van der Waals surface area contributed by atoms with Crippen LogP contribution in [0.5, 0.6) is 0 Å². The number of amides is 2. The van der Waals surface area contributed by atoms with Crippen molar-refractivity contribution >= 4 is 41.6 Å². The van der Waals surface area contributed by atoms with Gasteiger partial charge in [0.1, 0.15) is 11.1 Å². The van der Waals surface area contributed by atoms with Crippen LogP contribution in [0.2, 0.25) is 0 Å². The van der Waals surface area contributed by atoms with Gasteiger partial charge in [-0.1, -0.05) is 18.2 Å². The molecular weight excluding hydrogens is 368 g/mol. The van der Waals surface area contributed by atoms with E-state index in [1.807, 2.05) is 18.2 Å². The summed E-state index contributed by atoms with van der Waals surface area (Å²) in [4.78, 5) is 38.9. The minimum atomic E-state index is -1.54. The number of carboxylic acids is 1. The van der Waals surface area contributed by atoms with Gasteiger partial charge in [-0.2, -0.15) is 0 Å². The number of hydrogen-bond donors (Lipinski definition) is 1. The number of carboxylic acid groups (broad SMARTS) is 1. The van der Waals surface area contributed by atoms with Gasteiger partial charge in [0.2, 0.25) is 6.41 Å². The maximum Gasteiger partial charge on any atom is 0.352 e. The van der Waals surface area contributed by atoms with Crippen molar-refractivity contribution in [3.8, 4) is 0 Å². The van der Waals surface area contributed by atoms with Crippen molar-refractivity contribution in [1.29, 1.82) is 0 Å². The van der Waals surface area contributed by atoms with Gasteiger partial charge in [-0.25, -0.2) is 4.79 Å². The monoisotopic (exact) mass is 384 g/mol. The molecule has 9 heteroatoms. The fourth-order valence-corrected chi connectivity index (χ4v) is 5.14. The quantitative estimate of drug-likeness (QED) is 0.245. The smallest absolute Gasteiger partial charge is 0.352 e. The van der Waals surface area contributed by atoms with Crippen LogP contribution in [0.3, 0.4) is 0 Å². The van der Waals surface area contributed by atoms with E-state index in [1.54, 1.807) is 0 Å². The third kappa shape index (κ3) is 2.51. The second-order valence-corrected chi connectivity index (χ2v) is 7.05. The first-order valence-electron chi connectivity index (χ1n) is 7.63. The van der Waals surface area contributed by atoms with E-state index in [9.17, 15) is 19.5 Å². The van der Waals surface area contributed by atoms with Gasteiger partial charge in [-0.05, 0) is 12.0 Å². The van der Waals surface area contributed by atoms with Crippen LogP contribution >= 0.6 is 23.4 Å². The van der Waals surface area contributed by atoms with E-state index < -0.39 is 23.0 Å². The highest BCUT2D eigenvalue weighted by Crippen LogP contribution is 2.50. The van der Waals surface area contributed by atoms with Gasteiger partial charge < -0.3 is 9.84 Å². The molecule has 0 spiro atoms. The number of alkyl halides is 1. The van der Waals surface area contributed by atoms with Crippen LogP contribution in [0.1, 0.15) is 12.8 Å². The fraction of sp³-hybridized carbons (Fsp3) is 0.438. The number of β-lactam (4-membered cyclic amide) rings is 1. The third-order valence-corrected chi connectivity index (χ3v) is 6.20. The number of fused-ring (bicyclic) bond motifs is 1. The molecule has 0 radical (unpaired) electrons. The molecule has 0 bridgehead atoms. The summed E-state index contributed by atoms with van der Waals surface area (Å²) < 4.78 is 5.53. The highest BCUT2D eigenvalue weighted by atomic mass is 35.5. The lowest BCUT2D eigenvalue weighted by Gasteiger charge is -2.59. The summed E-state index contributed by atoms with van der Waals surface area (Å²) >= 11 is 7.17. The van der Waals surface area contributed by atoms with Gasteiger partial charge >= 0.3 is 5.97 Å². The van der Waals surface area contributed by atoms with E-state index in [2.05, 4.69) is 0 Å². The molecule has 7 nitrogen and oxygen atoms in total. The van der Waals surface area contributed by atoms with Crippen molar-refractivity contribution < 1.29 is 24.2 Å². The number of nitrogens with zero attached hydrogens (tertiary/aromatic N) is 2. The number of hydrogen-bond acceptors (Lipinski definition) is 5. The molecule has 2 atom stereocenters. The summed E-state index contributed by atoms with van der Waals surface area (Å²) in [6, 6.07) is 0. The molecule has 0 aromatic heterocycles. The Bertz CT molecular complexity index is 719. The van der Waals surface area contributed by atoms with Crippen LogP contribution in [-0.4, -0.2) is 63.0 Å². The van der Waals surface area contributed by atoms with Crippen molar-refractivity contribution in [3.63, 3.8) is 0 Å². The van der Waals surface area contributed by atoms with Crippen LogP contribution in [0.4, 0.5) is 0 Å². The fourth-order valence-electron chi connectivity index (χ4n) is 3.33. The number of allylic oxidation sites excluding steroid dienone is 3. The summed E-state index contributed by atoms with van der Waals surface area (Å²) in [6.45, 7) is 0. The molecule has 1 fully saturated rings. The molecule has 2 amide bonds. The average Bonchev–Trinajstić information content (AvgIpc) is 2.64. The van der Waals surface area contributed by atoms with E-state index in [0.717, 1.165) is 0 Å². The van der Waals surface area contributed by atoms with Crippen molar-refractivity contribution in [2.24, 2.45) is 0 Å². The molecule has 134 valence electrons. The minimum absolute atomic E-state index is 0.0262. The molecule has 2 heterocycles. The number of halogens is 1. The summed E-state index contributed by atoms with van der Waals surface area (Å²) in [7, 11) is 1.35. The van der Waals surface area contributed by atoms with Crippen LogP contribution < -0.4 is 0 Å². The van der Waals surface area contributed by atoms with Gasteiger partial charge in [0.25, 0.3) is 11.6 Å². The van der Waals surface area contributed by atoms with Crippen molar-refractivity contribution in [2.75, 3.05) is 18.7 Å². The Balaban J connectivity index is 2.01. The summed E-state index contributed by atoms with van der Waals surface area (Å²) in [5.41, 5.74) is -0.509. The van der Waals surface area contributed by atoms with Gasteiger partial charge in [-0.3, -0.25) is 19.4 Å². The molecule has 3 rings (SSSR count). The second-order valence-electron chi connectivity index (χ2n) is 5.71. The first kappa shape index (κ1) is 18.0. The number of carbonyl (C=O) groups excluding carboxylic acids is 2. The lowest BCUT2D eigenvalue weighted by molar-refractivity contribution is -0.214. The molecule has 2 aliphatic heterocycles. The molecule has 25 heavy (non-hydrogen) atoms. The van der Waals surface area contributed by atoms with E-state index in [0.29, 0.717) is 36.3 Å². The summed E-state index contributed by atoms with van der Waals surface area (Å²) in [6.07, 6.45) is 7.48. The van der Waals surface area contributed by atoms with Crippen LogP contribution in [-0.2, 0) is 19.1 Å². The minimum Gasteiger partial charge on any atom is -0.477 e. The molecule has 1 unspecified atom stereocenters. The second kappa shape index (κ2) is 6.86. The molecule has 0 saturated carbocycles. The Labute approximate surface area is 153 Å². The molecule has 0 aromatic rings. The molecule has 1 N–H and O–H groups in total. The Morgan fingerprint density at radius 2 is 2.36 bits per heavy atom. The zero-order valence-electron chi connectivity index (χ0n) is 13.5. The zero-order chi connectivity index (χ0) is 18.2. The Morgan fingerprint density at radius 3 is 2.88 bits per heavy atom. The predicted molar refractivity (Wildman–Crippen MR) is 92.6 cm³/mol. The third-order valence-electron chi connectivity index (χ3n) is 4.52. The largest absolute Gasteiger partial charge is 0.477 e. The van der Waals surface area contributed by atoms with E-state index >= 15 is 0 Å². The van der Waals surface area contributed by atoms with Crippen LogP contribution in [0, 0.1) is 0 Å². The number of ether oxygens (including phenoxy) is 1. The molecular formula is C16H17ClN2O5S. The highest BCUT2D eigenvalue weighted by Gasteiger charge is 2.69. The lowest BCUT2D eigenvalue weighted by Crippen LogP contribution is -2.80. The number of methoxy groups -OCH3 is 1. The molecule has 1 aliphatic carbocycles. The Kier molecular flexibility index (Phi) is 4.95. The van der Waals surface area contributed by atoms with Crippen LogP contribution in [0.15, 0.2) is 35.2 Å². The van der Waals surface area contributed by atoms with Crippen molar-refractivity contribution in [1.82, 2.24) is 9.80 Å². The van der Waals surface area contributed by atoms with Gasteiger partial charge in [0, 0.05) is 30.9 Å². The Morgan fingerprint density at radius 1 is 1.60 bits per heavy atom. The lowest BCUT2D eigenvalue weighted by atomic mass is 9.95. The molecule has 3 aliphatic rings. The zero-order valence-corrected chi connectivity index (χ0v) is 15.0. The number of thioether (sulfide) groups is 1. The standard InChI is InChI=1S/C16H17ClN2O5S/c1-24-16(18(9-20)11-5-3-2-4-6-11)14(23)19-12(13(21)22)10(7-17)8-25-15(16)19/h2-3,6,9,15H,4-5,7-8H2,1H3,(H,21,22)/t15-,16?/m1/s1. The first-order valence-corrected chi connectivity index (χ1v) is 9.21. The van der Waals surface area contributed by atoms with Gasteiger partial charge in [0.15, 0.2) is 0 Å². The van der Waals surface area contributed by atoms with Gasteiger partial charge in [0.05, 0.1) is 0 Å². The van der Waals surface area contributed by atoms with Crippen LogP contribution in [0.25, 0.3) is 0 Å². The first-order chi connectivity index (χ1) is 12.0. The average molecular weight is 385 g/mol. The predicted octanol–water partition coefficient (Wildman–Crippen LogP) is 1.51. The van der Waals surface area contributed by atoms with E-state index in [-0.39, 0.29) is 11.6 Å². The van der Waals surface area contributed by atoms with Crippen molar-refractivity contribution in [2.45, 2.75) is 23.9 Å². The maximum atomic E-state index is 13.0. The number of carbonyl (C=O) groups is 3. The molecule has 1 saturated heterocycles. The topological polar surface area (TPSA) is 87.2 Å². The summed E-state index contributed by atoms with van der Waals surface area (Å²) in [5.74, 6) is -1.40. The normalized spacial score (nSPS) is 28.2. The van der Waals surface area contributed by atoms with E-state index in [1.165, 1.54) is 28.7 Å². The van der Waals surface area contributed by atoms with Gasteiger partial charge in [-0.15, -0.1) is 23.4 Å². The number of aliphatic carboxylic acids is 1. The van der Waals surface area contributed by atoms with E-state index in [4.69, 9.17) is 16.3 Å². The summed E-state index contributed by atoms with van der Waals surface area (Å²) in [5, 5.41) is 8.86.